The number of aromatic nitrogens is 2. The van der Waals surface area contributed by atoms with Gasteiger partial charge in [0.2, 0.25) is 0 Å². The molecular weight excluding hydrogens is 218 g/mol. The average Bonchev–Trinajstić information content (AvgIpc) is 2.67. The molecule has 2 aromatic rings. The van der Waals surface area contributed by atoms with Crippen LogP contribution in [0.5, 0.6) is 0 Å². The highest BCUT2D eigenvalue weighted by Gasteiger charge is 2.06. The average molecular weight is 233 g/mol. The second kappa shape index (κ2) is 4.55. The highest BCUT2D eigenvalue weighted by Crippen LogP contribution is 2.14. The zero-order valence-corrected chi connectivity index (χ0v) is 9.92. The minimum absolute atomic E-state index is 0.296. The van der Waals surface area contributed by atoms with Crippen molar-refractivity contribution in [1.29, 1.82) is 0 Å². The number of likely N-dealkylation sites (N-methyl/N-ethyl adjacent to an activating group) is 1. The van der Waals surface area contributed by atoms with Gasteiger partial charge in [0.1, 0.15) is 0 Å². The molecule has 0 radical (unpaired) electrons. The first-order valence-electron chi connectivity index (χ1n) is 5.41. The van der Waals surface area contributed by atoms with Crippen LogP contribution in [0.1, 0.15) is 10.4 Å². The number of aromatic carboxylic acids is 1. The van der Waals surface area contributed by atoms with E-state index >= 15 is 0 Å². The van der Waals surface area contributed by atoms with Gasteiger partial charge in [-0.2, -0.15) is 5.10 Å². The molecule has 0 aliphatic rings. The Morgan fingerprint density at radius 2 is 2.24 bits per heavy atom. The standard InChI is InChI=1S/C12H15N3O2/c1-14(2)5-6-15-8-10-7-9(12(16)17)3-4-11(10)13-15/h3-4,7-8H,5-6H2,1-2H3,(H,16,17). The van der Waals surface area contributed by atoms with Gasteiger partial charge in [-0.15, -0.1) is 0 Å². The van der Waals surface area contributed by atoms with E-state index in [1.54, 1.807) is 18.2 Å². The summed E-state index contributed by atoms with van der Waals surface area (Å²) in [5.41, 5.74) is 1.12. The van der Waals surface area contributed by atoms with Gasteiger partial charge in [0, 0.05) is 18.1 Å². The van der Waals surface area contributed by atoms with E-state index in [-0.39, 0.29) is 0 Å². The zero-order chi connectivity index (χ0) is 12.4. The lowest BCUT2D eigenvalue weighted by atomic mass is 10.2. The van der Waals surface area contributed by atoms with Gasteiger partial charge in [-0.25, -0.2) is 4.79 Å². The lowest BCUT2D eigenvalue weighted by Crippen LogP contribution is -2.18. The summed E-state index contributed by atoms with van der Waals surface area (Å²) in [4.78, 5) is 12.9. The number of carboxylic acids is 1. The summed E-state index contributed by atoms with van der Waals surface area (Å²) in [6, 6.07) is 4.97. The fourth-order valence-electron chi connectivity index (χ4n) is 1.63. The van der Waals surface area contributed by atoms with Crippen molar-refractivity contribution in [2.45, 2.75) is 6.54 Å². The first kappa shape index (κ1) is 11.6. The molecule has 5 heteroatoms. The number of fused-ring (bicyclic) bond motifs is 1. The fourth-order valence-corrected chi connectivity index (χ4v) is 1.63. The Hall–Kier alpha value is -1.88. The van der Waals surface area contributed by atoms with Crippen LogP contribution in [0, 0.1) is 0 Å². The lowest BCUT2D eigenvalue weighted by molar-refractivity contribution is 0.0697. The maximum absolute atomic E-state index is 10.8. The zero-order valence-electron chi connectivity index (χ0n) is 9.92. The van der Waals surface area contributed by atoms with E-state index in [9.17, 15) is 4.79 Å². The predicted molar refractivity (Wildman–Crippen MR) is 65.2 cm³/mol. The van der Waals surface area contributed by atoms with E-state index in [0.29, 0.717) is 5.56 Å². The summed E-state index contributed by atoms with van der Waals surface area (Å²) < 4.78 is 1.84. The fraction of sp³-hybridized carbons (Fsp3) is 0.333. The van der Waals surface area contributed by atoms with Gasteiger partial charge >= 0.3 is 5.97 Å². The van der Waals surface area contributed by atoms with Crippen molar-refractivity contribution in [3.05, 3.63) is 30.0 Å². The van der Waals surface area contributed by atoms with Crippen LogP contribution in [0.15, 0.2) is 24.4 Å². The number of rotatable bonds is 4. The van der Waals surface area contributed by atoms with Gasteiger partial charge in [-0.1, -0.05) is 0 Å². The second-order valence-electron chi connectivity index (χ2n) is 4.27. The molecule has 0 amide bonds. The third-order valence-corrected chi connectivity index (χ3v) is 2.58. The van der Waals surface area contributed by atoms with Crippen LogP contribution in [0.2, 0.25) is 0 Å². The van der Waals surface area contributed by atoms with Crippen molar-refractivity contribution in [3.8, 4) is 0 Å². The van der Waals surface area contributed by atoms with Crippen molar-refractivity contribution in [1.82, 2.24) is 14.7 Å². The molecule has 0 saturated heterocycles. The van der Waals surface area contributed by atoms with Crippen molar-refractivity contribution in [3.63, 3.8) is 0 Å². The summed E-state index contributed by atoms with van der Waals surface area (Å²) in [5, 5.41) is 14.1. The number of nitrogens with zero attached hydrogens (tertiary/aromatic N) is 3. The van der Waals surface area contributed by atoms with Crippen LogP contribution >= 0.6 is 0 Å². The van der Waals surface area contributed by atoms with Crippen LogP contribution in [0.3, 0.4) is 0 Å². The monoisotopic (exact) mass is 233 g/mol. The normalized spacial score (nSPS) is 11.2. The smallest absolute Gasteiger partial charge is 0.335 e. The number of hydrogen-bond donors (Lipinski definition) is 1. The first-order valence-corrected chi connectivity index (χ1v) is 5.41. The minimum Gasteiger partial charge on any atom is -0.478 e. The maximum Gasteiger partial charge on any atom is 0.335 e. The third-order valence-electron chi connectivity index (χ3n) is 2.58. The van der Waals surface area contributed by atoms with Crippen LogP contribution in [-0.2, 0) is 6.54 Å². The Balaban J connectivity index is 2.27. The topological polar surface area (TPSA) is 58.4 Å². The van der Waals surface area contributed by atoms with Gasteiger partial charge in [0.25, 0.3) is 0 Å². The van der Waals surface area contributed by atoms with Gasteiger partial charge < -0.3 is 10.0 Å². The van der Waals surface area contributed by atoms with E-state index < -0.39 is 5.97 Å². The summed E-state index contributed by atoms with van der Waals surface area (Å²) in [7, 11) is 4.01. The quantitative estimate of drug-likeness (QED) is 0.864. The third kappa shape index (κ3) is 2.62. The van der Waals surface area contributed by atoms with Gasteiger partial charge in [-0.3, -0.25) is 4.68 Å². The van der Waals surface area contributed by atoms with Crippen molar-refractivity contribution in [2.24, 2.45) is 0 Å². The van der Waals surface area contributed by atoms with Gasteiger partial charge in [0.15, 0.2) is 0 Å². The lowest BCUT2D eigenvalue weighted by Gasteiger charge is -2.08. The first-order chi connectivity index (χ1) is 8.06. The Morgan fingerprint density at radius 3 is 2.88 bits per heavy atom. The Labute approximate surface area is 99.3 Å². The largest absolute Gasteiger partial charge is 0.478 e. The molecule has 5 nitrogen and oxygen atoms in total. The number of carboxylic acid groups (broad SMARTS) is 1. The maximum atomic E-state index is 10.8. The number of benzene rings is 1. The van der Waals surface area contributed by atoms with Crippen LogP contribution in [0.25, 0.3) is 10.9 Å². The van der Waals surface area contributed by atoms with Crippen molar-refractivity contribution in [2.75, 3.05) is 20.6 Å². The highest BCUT2D eigenvalue weighted by molar-refractivity contribution is 5.93. The van der Waals surface area contributed by atoms with Gasteiger partial charge in [-0.05, 0) is 32.3 Å². The molecule has 0 spiro atoms. The van der Waals surface area contributed by atoms with Crippen LogP contribution < -0.4 is 0 Å². The summed E-state index contributed by atoms with van der Waals surface area (Å²) in [5.74, 6) is -0.909. The molecule has 1 aromatic heterocycles. The van der Waals surface area contributed by atoms with E-state index in [2.05, 4.69) is 10.00 Å². The predicted octanol–water partition coefficient (Wildman–Crippen LogP) is 1.30. The molecule has 90 valence electrons. The molecular formula is C12H15N3O2. The molecule has 1 N–H and O–H groups in total. The van der Waals surface area contributed by atoms with E-state index in [1.165, 1.54) is 0 Å². The summed E-state index contributed by atoms with van der Waals surface area (Å²) in [6.45, 7) is 1.70. The molecule has 0 bridgehead atoms. The van der Waals surface area contributed by atoms with Crippen molar-refractivity contribution >= 4 is 16.9 Å². The molecule has 0 saturated carbocycles. The number of carbonyl (C=O) groups is 1. The SMILES string of the molecule is CN(C)CCn1cc2cc(C(=O)O)ccc2n1. The van der Waals surface area contributed by atoms with E-state index in [4.69, 9.17) is 5.11 Å². The van der Waals surface area contributed by atoms with Crippen molar-refractivity contribution < 1.29 is 9.90 Å². The molecule has 0 unspecified atom stereocenters. The molecule has 0 aliphatic carbocycles. The molecule has 17 heavy (non-hydrogen) atoms. The van der Waals surface area contributed by atoms with E-state index in [0.717, 1.165) is 24.0 Å². The molecule has 0 aliphatic heterocycles. The summed E-state index contributed by atoms with van der Waals surface area (Å²) >= 11 is 0. The van der Waals surface area contributed by atoms with E-state index in [1.807, 2.05) is 25.0 Å². The molecule has 0 fully saturated rings. The number of hydrogen-bond acceptors (Lipinski definition) is 3. The second-order valence-corrected chi connectivity index (χ2v) is 4.27. The van der Waals surface area contributed by atoms with Gasteiger partial charge in [0.05, 0.1) is 17.6 Å². The Bertz CT molecular complexity index is 546. The summed E-state index contributed by atoms with van der Waals surface area (Å²) in [6.07, 6.45) is 1.88. The Morgan fingerprint density at radius 1 is 1.47 bits per heavy atom. The molecule has 2 rings (SSSR count). The minimum atomic E-state index is -0.909. The molecule has 1 aromatic carbocycles. The Kier molecular flexibility index (Phi) is 3.10. The highest BCUT2D eigenvalue weighted by atomic mass is 16.4. The van der Waals surface area contributed by atoms with Crippen LogP contribution in [0.4, 0.5) is 0 Å². The molecule has 0 atom stereocenters. The van der Waals surface area contributed by atoms with Crippen LogP contribution in [-0.4, -0.2) is 46.4 Å². The molecule has 1 heterocycles.